The molecule has 0 aliphatic carbocycles. The Morgan fingerprint density at radius 1 is 1.59 bits per heavy atom. The molecular weight excluding hydrogens is 258 g/mol. The molecule has 1 aromatic heterocycles. The molecule has 0 fully saturated rings. The molecule has 1 aromatic carbocycles. The van der Waals surface area contributed by atoms with Crippen molar-refractivity contribution >= 4 is 40.8 Å². The first kappa shape index (κ1) is 12.1. The molecule has 0 aliphatic heterocycles. The molecule has 1 amide bonds. The van der Waals surface area contributed by atoms with Gasteiger partial charge in [0.1, 0.15) is 6.54 Å². The van der Waals surface area contributed by atoms with Gasteiger partial charge in [-0.05, 0) is 31.3 Å². The summed E-state index contributed by atoms with van der Waals surface area (Å²) in [6.45, 7) is 2.69. The summed E-state index contributed by atoms with van der Waals surface area (Å²) in [6, 6.07) is 5.50. The Kier molecular flexibility index (Phi) is 3.49. The SMILES string of the molecule is CCNC(=O)Cn1c(=S)[nH]c2c(Cl)cccc21. The topological polar surface area (TPSA) is 49.8 Å². The van der Waals surface area contributed by atoms with Gasteiger partial charge in [0.25, 0.3) is 0 Å². The first-order chi connectivity index (χ1) is 8.13. The number of likely N-dealkylation sites (N-methyl/N-ethyl adjacent to an activating group) is 1. The van der Waals surface area contributed by atoms with E-state index in [1.165, 1.54) is 0 Å². The Bertz CT molecular complexity index is 617. The van der Waals surface area contributed by atoms with E-state index in [-0.39, 0.29) is 12.5 Å². The molecule has 0 unspecified atom stereocenters. The van der Waals surface area contributed by atoms with Crippen LogP contribution in [0, 0.1) is 4.77 Å². The molecule has 2 rings (SSSR count). The summed E-state index contributed by atoms with van der Waals surface area (Å²) in [5.41, 5.74) is 1.61. The van der Waals surface area contributed by atoms with E-state index in [1.807, 2.05) is 19.1 Å². The minimum atomic E-state index is -0.0653. The predicted molar refractivity (Wildman–Crippen MR) is 70.8 cm³/mol. The van der Waals surface area contributed by atoms with Crippen molar-refractivity contribution in [3.05, 3.63) is 28.0 Å². The fourth-order valence-corrected chi connectivity index (χ4v) is 2.18. The van der Waals surface area contributed by atoms with Crippen LogP contribution in [0.15, 0.2) is 18.2 Å². The first-order valence-electron chi connectivity index (χ1n) is 5.27. The van der Waals surface area contributed by atoms with Gasteiger partial charge in [0.15, 0.2) is 4.77 Å². The number of aromatic nitrogens is 2. The van der Waals surface area contributed by atoms with Crippen LogP contribution in [0.5, 0.6) is 0 Å². The molecule has 90 valence electrons. The van der Waals surface area contributed by atoms with Crippen molar-refractivity contribution in [2.45, 2.75) is 13.5 Å². The monoisotopic (exact) mass is 269 g/mol. The van der Waals surface area contributed by atoms with Gasteiger partial charge in [0, 0.05) is 6.54 Å². The lowest BCUT2D eigenvalue weighted by atomic mass is 10.3. The summed E-state index contributed by atoms with van der Waals surface area (Å²) in [7, 11) is 0. The number of fused-ring (bicyclic) bond motifs is 1. The second kappa shape index (κ2) is 4.89. The Hall–Kier alpha value is -1.33. The van der Waals surface area contributed by atoms with Gasteiger partial charge in [-0.1, -0.05) is 17.7 Å². The van der Waals surface area contributed by atoms with E-state index in [1.54, 1.807) is 10.6 Å². The molecular formula is C11H12ClN3OS. The molecule has 1 heterocycles. The number of benzene rings is 1. The fourth-order valence-electron chi connectivity index (χ4n) is 1.70. The number of halogens is 1. The summed E-state index contributed by atoms with van der Waals surface area (Å²) < 4.78 is 2.24. The number of rotatable bonds is 3. The number of carbonyl (C=O) groups is 1. The van der Waals surface area contributed by atoms with Crippen LogP contribution in [0.3, 0.4) is 0 Å². The summed E-state index contributed by atoms with van der Waals surface area (Å²) in [6.07, 6.45) is 0. The highest BCUT2D eigenvalue weighted by molar-refractivity contribution is 7.71. The number of hydrogen-bond acceptors (Lipinski definition) is 2. The lowest BCUT2D eigenvalue weighted by Crippen LogP contribution is -2.27. The summed E-state index contributed by atoms with van der Waals surface area (Å²) in [4.78, 5) is 14.6. The largest absolute Gasteiger partial charge is 0.355 e. The molecule has 0 bridgehead atoms. The average molecular weight is 270 g/mol. The van der Waals surface area contributed by atoms with Gasteiger partial charge < -0.3 is 14.9 Å². The average Bonchev–Trinajstić information content (AvgIpc) is 2.58. The number of imidazole rings is 1. The second-order valence-electron chi connectivity index (χ2n) is 3.60. The van der Waals surface area contributed by atoms with Crippen LogP contribution in [0.25, 0.3) is 11.0 Å². The number of carbonyl (C=O) groups excluding carboxylic acids is 1. The van der Waals surface area contributed by atoms with E-state index in [0.29, 0.717) is 16.3 Å². The van der Waals surface area contributed by atoms with Gasteiger partial charge >= 0.3 is 0 Å². The van der Waals surface area contributed by atoms with E-state index in [9.17, 15) is 4.79 Å². The van der Waals surface area contributed by atoms with Crippen molar-refractivity contribution in [2.24, 2.45) is 0 Å². The number of amides is 1. The van der Waals surface area contributed by atoms with Crippen molar-refractivity contribution < 1.29 is 4.79 Å². The third-order valence-corrected chi connectivity index (χ3v) is 3.07. The molecule has 2 N–H and O–H groups in total. The highest BCUT2D eigenvalue weighted by Gasteiger charge is 2.09. The van der Waals surface area contributed by atoms with Crippen molar-refractivity contribution in [1.82, 2.24) is 14.9 Å². The fraction of sp³-hybridized carbons (Fsp3) is 0.273. The summed E-state index contributed by atoms with van der Waals surface area (Å²) in [5, 5.41) is 3.34. The van der Waals surface area contributed by atoms with Gasteiger partial charge in [0.2, 0.25) is 5.91 Å². The lowest BCUT2D eigenvalue weighted by Gasteiger charge is -2.04. The van der Waals surface area contributed by atoms with Gasteiger partial charge in [0.05, 0.1) is 16.1 Å². The van der Waals surface area contributed by atoms with Gasteiger partial charge in [-0.2, -0.15) is 0 Å². The molecule has 4 nitrogen and oxygen atoms in total. The smallest absolute Gasteiger partial charge is 0.240 e. The Morgan fingerprint density at radius 2 is 2.35 bits per heavy atom. The third-order valence-electron chi connectivity index (χ3n) is 2.44. The first-order valence-corrected chi connectivity index (χ1v) is 6.06. The normalized spacial score (nSPS) is 10.7. The van der Waals surface area contributed by atoms with Crippen molar-refractivity contribution in [2.75, 3.05) is 6.54 Å². The molecule has 0 aliphatic rings. The Balaban J connectivity index is 2.47. The quantitative estimate of drug-likeness (QED) is 0.841. The molecule has 0 radical (unpaired) electrons. The van der Waals surface area contributed by atoms with Crippen LogP contribution in [0.1, 0.15) is 6.92 Å². The van der Waals surface area contributed by atoms with E-state index in [4.69, 9.17) is 23.8 Å². The lowest BCUT2D eigenvalue weighted by molar-refractivity contribution is -0.121. The molecule has 0 saturated carbocycles. The van der Waals surface area contributed by atoms with Crippen LogP contribution in [0.2, 0.25) is 5.02 Å². The van der Waals surface area contributed by atoms with E-state index >= 15 is 0 Å². The zero-order chi connectivity index (χ0) is 12.4. The number of nitrogens with zero attached hydrogens (tertiary/aromatic N) is 1. The number of hydrogen-bond donors (Lipinski definition) is 2. The minimum absolute atomic E-state index is 0.0653. The van der Waals surface area contributed by atoms with Crippen LogP contribution in [-0.4, -0.2) is 22.0 Å². The highest BCUT2D eigenvalue weighted by atomic mass is 35.5. The maximum Gasteiger partial charge on any atom is 0.240 e. The molecule has 6 heteroatoms. The van der Waals surface area contributed by atoms with E-state index in [0.717, 1.165) is 11.0 Å². The van der Waals surface area contributed by atoms with Crippen molar-refractivity contribution in [1.29, 1.82) is 0 Å². The highest BCUT2D eigenvalue weighted by Crippen LogP contribution is 2.22. The summed E-state index contributed by atoms with van der Waals surface area (Å²) in [5.74, 6) is -0.0653. The van der Waals surface area contributed by atoms with Crippen LogP contribution < -0.4 is 5.32 Å². The summed E-state index contributed by atoms with van der Waals surface area (Å²) >= 11 is 11.2. The Morgan fingerprint density at radius 3 is 3.06 bits per heavy atom. The van der Waals surface area contributed by atoms with E-state index in [2.05, 4.69) is 10.3 Å². The maximum absolute atomic E-state index is 11.6. The van der Waals surface area contributed by atoms with Gasteiger partial charge in [-0.3, -0.25) is 4.79 Å². The van der Waals surface area contributed by atoms with Crippen molar-refractivity contribution in [3.8, 4) is 0 Å². The number of nitrogens with one attached hydrogen (secondary N) is 2. The molecule has 17 heavy (non-hydrogen) atoms. The van der Waals surface area contributed by atoms with Crippen LogP contribution >= 0.6 is 23.8 Å². The second-order valence-corrected chi connectivity index (χ2v) is 4.40. The van der Waals surface area contributed by atoms with Crippen LogP contribution in [0.4, 0.5) is 0 Å². The zero-order valence-corrected chi connectivity index (χ0v) is 10.9. The van der Waals surface area contributed by atoms with Gasteiger partial charge in [-0.15, -0.1) is 0 Å². The standard InChI is InChI=1S/C11H12ClN3OS/c1-2-13-9(16)6-15-8-5-3-4-7(12)10(8)14-11(15)17/h3-5H,2,6H2,1H3,(H,13,16)(H,14,17). The molecule has 2 aromatic rings. The number of H-pyrrole nitrogens is 1. The predicted octanol–water partition coefficient (Wildman–Crippen LogP) is 2.49. The Labute approximate surface area is 109 Å². The maximum atomic E-state index is 11.6. The van der Waals surface area contributed by atoms with E-state index < -0.39 is 0 Å². The minimum Gasteiger partial charge on any atom is -0.355 e. The molecule has 0 spiro atoms. The van der Waals surface area contributed by atoms with Crippen LogP contribution in [-0.2, 0) is 11.3 Å². The van der Waals surface area contributed by atoms with Crippen molar-refractivity contribution in [3.63, 3.8) is 0 Å². The molecule has 0 saturated heterocycles. The zero-order valence-electron chi connectivity index (χ0n) is 9.29. The van der Waals surface area contributed by atoms with Gasteiger partial charge in [-0.25, -0.2) is 0 Å². The third kappa shape index (κ3) is 2.35. The number of aromatic amines is 1. The molecule has 0 atom stereocenters. The number of para-hydroxylation sites is 1.